The van der Waals surface area contributed by atoms with E-state index in [1.807, 2.05) is 36.4 Å². The Hall–Kier alpha value is -3.35. The Labute approximate surface area is 157 Å². The van der Waals surface area contributed by atoms with E-state index in [1.165, 1.54) is 4.90 Å². The van der Waals surface area contributed by atoms with Crippen molar-refractivity contribution in [3.05, 3.63) is 60.5 Å². The fourth-order valence-electron chi connectivity index (χ4n) is 2.54. The zero-order chi connectivity index (χ0) is 19.2. The lowest BCUT2D eigenvalue weighted by atomic mass is 10.2. The molecule has 1 amide bonds. The summed E-state index contributed by atoms with van der Waals surface area (Å²) >= 11 is 0. The first-order valence-corrected chi connectivity index (χ1v) is 8.50. The summed E-state index contributed by atoms with van der Waals surface area (Å²) in [5, 5.41) is 3.96. The van der Waals surface area contributed by atoms with Crippen molar-refractivity contribution >= 4 is 5.91 Å². The summed E-state index contributed by atoms with van der Waals surface area (Å²) in [4.78, 5) is 18.4. The molecule has 0 saturated heterocycles. The second kappa shape index (κ2) is 8.35. The third-order valence-corrected chi connectivity index (χ3v) is 3.95. The van der Waals surface area contributed by atoms with Crippen LogP contribution in [0.15, 0.2) is 59.1 Å². The van der Waals surface area contributed by atoms with Crippen molar-refractivity contribution in [3.63, 3.8) is 0 Å². The zero-order valence-corrected chi connectivity index (χ0v) is 15.5. The van der Waals surface area contributed by atoms with Gasteiger partial charge in [-0.15, -0.1) is 0 Å². The Balaban J connectivity index is 1.61. The standard InChI is InChI=1S/C20H21N3O4/c1-14(26-17-11-7-10-16(12-17)25-3)20(24)23(2)13-18-21-19(22-27-18)15-8-5-4-6-9-15/h4-12,14H,13H2,1-3H3/t14-/m1/s1. The third kappa shape index (κ3) is 4.63. The second-order valence-electron chi connectivity index (χ2n) is 6.01. The second-order valence-corrected chi connectivity index (χ2v) is 6.01. The lowest BCUT2D eigenvalue weighted by Gasteiger charge is -2.20. The molecule has 0 N–H and O–H groups in total. The molecule has 0 unspecified atom stereocenters. The number of ether oxygens (including phenoxy) is 2. The molecule has 140 valence electrons. The van der Waals surface area contributed by atoms with Gasteiger partial charge in [0.05, 0.1) is 13.7 Å². The predicted octanol–water partition coefficient (Wildman–Crippen LogP) is 3.17. The van der Waals surface area contributed by atoms with Crippen LogP contribution in [0.3, 0.4) is 0 Å². The predicted molar refractivity (Wildman–Crippen MR) is 99.3 cm³/mol. The largest absolute Gasteiger partial charge is 0.497 e. The van der Waals surface area contributed by atoms with Gasteiger partial charge in [-0.1, -0.05) is 41.6 Å². The van der Waals surface area contributed by atoms with Gasteiger partial charge in [-0.25, -0.2) is 0 Å². The summed E-state index contributed by atoms with van der Waals surface area (Å²) in [6.07, 6.45) is -0.668. The number of nitrogens with zero attached hydrogens (tertiary/aromatic N) is 3. The molecule has 0 saturated carbocycles. The average Bonchev–Trinajstić information content (AvgIpc) is 3.16. The SMILES string of the molecule is COc1cccc(O[C@H](C)C(=O)N(C)Cc2nc(-c3ccccc3)no2)c1. The van der Waals surface area contributed by atoms with Gasteiger partial charge < -0.3 is 18.9 Å². The van der Waals surface area contributed by atoms with Gasteiger partial charge in [-0.2, -0.15) is 4.98 Å². The molecule has 0 spiro atoms. The van der Waals surface area contributed by atoms with Crippen molar-refractivity contribution in [2.24, 2.45) is 0 Å². The first kappa shape index (κ1) is 18.4. The van der Waals surface area contributed by atoms with E-state index >= 15 is 0 Å². The molecule has 1 atom stereocenters. The lowest BCUT2D eigenvalue weighted by Crippen LogP contribution is -2.37. The highest BCUT2D eigenvalue weighted by atomic mass is 16.5. The van der Waals surface area contributed by atoms with Gasteiger partial charge >= 0.3 is 0 Å². The molecule has 0 fully saturated rings. The normalized spacial score (nSPS) is 11.7. The molecule has 27 heavy (non-hydrogen) atoms. The van der Waals surface area contributed by atoms with E-state index in [-0.39, 0.29) is 12.5 Å². The van der Waals surface area contributed by atoms with Crippen molar-refractivity contribution in [1.29, 1.82) is 0 Å². The maximum Gasteiger partial charge on any atom is 0.263 e. The minimum absolute atomic E-state index is 0.197. The Morgan fingerprint density at radius 2 is 1.89 bits per heavy atom. The van der Waals surface area contributed by atoms with Crippen molar-refractivity contribution < 1.29 is 18.8 Å². The molecular weight excluding hydrogens is 346 g/mol. The number of methoxy groups -OCH3 is 1. The number of likely N-dealkylation sites (N-methyl/N-ethyl adjacent to an activating group) is 1. The summed E-state index contributed by atoms with van der Waals surface area (Å²) in [5.74, 6) is 1.88. The van der Waals surface area contributed by atoms with Crippen molar-refractivity contribution in [1.82, 2.24) is 15.0 Å². The van der Waals surface area contributed by atoms with Crippen molar-refractivity contribution in [2.45, 2.75) is 19.6 Å². The first-order valence-electron chi connectivity index (χ1n) is 8.50. The summed E-state index contributed by atoms with van der Waals surface area (Å²) in [7, 11) is 3.25. The summed E-state index contributed by atoms with van der Waals surface area (Å²) < 4.78 is 16.1. The molecule has 0 aliphatic carbocycles. The zero-order valence-electron chi connectivity index (χ0n) is 15.5. The molecule has 1 aromatic heterocycles. The number of hydrogen-bond acceptors (Lipinski definition) is 6. The molecule has 7 nitrogen and oxygen atoms in total. The molecule has 7 heteroatoms. The Kier molecular flexibility index (Phi) is 5.71. The highest BCUT2D eigenvalue weighted by Crippen LogP contribution is 2.20. The fourth-order valence-corrected chi connectivity index (χ4v) is 2.54. The molecule has 0 bridgehead atoms. The Morgan fingerprint density at radius 3 is 2.63 bits per heavy atom. The molecule has 0 aliphatic rings. The van der Waals surface area contributed by atoms with Gasteiger partial charge in [0.25, 0.3) is 5.91 Å². The van der Waals surface area contributed by atoms with Crippen molar-refractivity contribution in [2.75, 3.05) is 14.2 Å². The molecule has 1 heterocycles. The number of benzene rings is 2. The summed E-state index contributed by atoms with van der Waals surface area (Å²) in [6.45, 7) is 1.89. The van der Waals surface area contributed by atoms with Crippen LogP contribution in [0.4, 0.5) is 0 Å². The van der Waals surface area contributed by atoms with E-state index in [9.17, 15) is 4.79 Å². The fraction of sp³-hybridized carbons (Fsp3) is 0.250. The quantitative estimate of drug-likeness (QED) is 0.638. The van der Waals surface area contributed by atoms with E-state index < -0.39 is 6.10 Å². The van der Waals surface area contributed by atoms with Crippen LogP contribution in [0, 0.1) is 0 Å². The highest BCUT2D eigenvalue weighted by Gasteiger charge is 2.21. The minimum Gasteiger partial charge on any atom is -0.497 e. The minimum atomic E-state index is -0.668. The molecule has 0 radical (unpaired) electrons. The molecule has 0 aliphatic heterocycles. The molecule has 3 aromatic rings. The van der Waals surface area contributed by atoms with Gasteiger partial charge in [-0.3, -0.25) is 4.79 Å². The van der Waals surface area contributed by atoms with Crippen LogP contribution in [0.1, 0.15) is 12.8 Å². The van der Waals surface area contributed by atoms with Gasteiger partial charge in [-0.05, 0) is 19.1 Å². The Bertz CT molecular complexity index is 895. The molecule has 3 rings (SSSR count). The van der Waals surface area contributed by atoms with E-state index in [4.69, 9.17) is 14.0 Å². The van der Waals surface area contributed by atoms with Crippen LogP contribution >= 0.6 is 0 Å². The third-order valence-electron chi connectivity index (χ3n) is 3.95. The monoisotopic (exact) mass is 367 g/mol. The van der Waals surface area contributed by atoms with Crippen LogP contribution in [-0.2, 0) is 11.3 Å². The first-order chi connectivity index (χ1) is 13.1. The van der Waals surface area contributed by atoms with Crippen LogP contribution in [-0.4, -0.2) is 41.2 Å². The number of carbonyl (C=O) groups excluding carboxylic acids is 1. The van der Waals surface area contributed by atoms with Gasteiger partial charge in [0.15, 0.2) is 6.10 Å². The average molecular weight is 367 g/mol. The number of rotatable bonds is 7. The van der Waals surface area contributed by atoms with Crippen LogP contribution in [0.2, 0.25) is 0 Å². The number of aromatic nitrogens is 2. The van der Waals surface area contributed by atoms with E-state index in [2.05, 4.69) is 10.1 Å². The summed E-state index contributed by atoms with van der Waals surface area (Å²) in [5.41, 5.74) is 0.858. The van der Waals surface area contributed by atoms with Crippen LogP contribution < -0.4 is 9.47 Å². The van der Waals surface area contributed by atoms with Crippen LogP contribution in [0.25, 0.3) is 11.4 Å². The number of amides is 1. The maximum absolute atomic E-state index is 12.6. The number of hydrogen-bond donors (Lipinski definition) is 0. The van der Waals surface area contributed by atoms with Gasteiger partial charge in [0.1, 0.15) is 11.5 Å². The van der Waals surface area contributed by atoms with Crippen molar-refractivity contribution in [3.8, 4) is 22.9 Å². The van der Waals surface area contributed by atoms with Crippen LogP contribution in [0.5, 0.6) is 11.5 Å². The smallest absolute Gasteiger partial charge is 0.263 e. The Morgan fingerprint density at radius 1 is 1.15 bits per heavy atom. The maximum atomic E-state index is 12.6. The van der Waals surface area contributed by atoms with Gasteiger partial charge in [0, 0.05) is 18.7 Å². The highest BCUT2D eigenvalue weighted by molar-refractivity contribution is 5.80. The molecule has 2 aromatic carbocycles. The lowest BCUT2D eigenvalue weighted by molar-refractivity contribution is -0.137. The van der Waals surface area contributed by atoms with E-state index in [0.29, 0.717) is 23.2 Å². The van der Waals surface area contributed by atoms with Gasteiger partial charge in [0.2, 0.25) is 11.7 Å². The van der Waals surface area contributed by atoms with E-state index in [1.54, 1.807) is 39.3 Å². The summed E-state index contributed by atoms with van der Waals surface area (Å²) in [6, 6.07) is 16.6. The number of carbonyl (C=O) groups is 1. The van der Waals surface area contributed by atoms with E-state index in [0.717, 1.165) is 5.56 Å². The topological polar surface area (TPSA) is 77.7 Å². The molecular formula is C20H21N3O4.